The van der Waals surface area contributed by atoms with Crippen molar-refractivity contribution in [2.45, 2.75) is 24.9 Å². The number of aldehydes is 1. The summed E-state index contributed by atoms with van der Waals surface area (Å²) in [7, 11) is 0. The highest BCUT2D eigenvalue weighted by Gasteiger charge is 2.35. The fraction of sp³-hybridized carbons (Fsp3) is 0.417. The lowest BCUT2D eigenvalue weighted by Crippen LogP contribution is -2.40. The van der Waals surface area contributed by atoms with E-state index >= 15 is 0 Å². The number of hydrogen-bond donors (Lipinski definition) is 2. The van der Waals surface area contributed by atoms with Crippen LogP contribution in [0.15, 0.2) is 21.9 Å². The average Bonchev–Trinajstić information content (AvgIpc) is 2.84. The zero-order valence-electron chi connectivity index (χ0n) is 10.8. The fourth-order valence-corrected chi connectivity index (χ4v) is 2.63. The monoisotopic (exact) mass is 408 g/mol. The van der Waals surface area contributed by atoms with E-state index in [1.165, 1.54) is 6.20 Å². The molecular formula is C12H13IN2O6. The van der Waals surface area contributed by atoms with Crippen molar-refractivity contribution in [2.24, 2.45) is 0 Å². The van der Waals surface area contributed by atoms with Crippen molar-refractivity contribution < 1.29 is 19.7 Å². The van der Waals surface area contributed by atoms with Crippen molar-refractivity contribution >= 4 is 35.1 Å². The van der Waals surface area contributed by atoms with E-state index < -0.39 is 29.7 Å². The highest BCUT2D eigenvalue weighted by atomic mass is 127. The van der Waals surface area contributed by atoms with Gasteiger partial charge in [0.2, 0.25) is 0 Å². The quantitative estimate of drug-likeness (QED) is 0.373. The number of carbonyl (C=O) groups excluding carboxylic acids is 1. The summed E-state index contributed by atoms with van der Waals surface area (Å²) in [6.45, 7) is -0.367. The van der Waals surface area contributed by atoms with E-state index in [1.54, 1.807) is 22.6 Å². The Morgan fingerprint density at radius 3 is 2.76 bits per heavy atom. The molecule has 0 radical (unpaired) electrons. The maximum absolute atomic E-state index is 12.3. The molecule has 0 saturated carbocycles. The van der Waals surface area contributed by atoms with Crippen molar-refractivity contribution in [1.82, 2.24) is 9.13 Å². The molecule has 0 bridgehead atoms. The van der Waals surface area contributed by atoms with E-state index in [1.807, 2.05) is 0 Å². The van der Waals surface area contributed by atoms with Gasteiger partial charge in [0, 0.05) is 18.8 Å². The van der Waals surface area contributed by atoms with E-state index in [0.717, 1.165) is 21.4 Å². The second-order valence-corrected chi connectivity index (χ2v) is 5.60. The summed E-state index contributed by atoms with van der Waals surface area (Å²) in [6.07, 6.45) is 1.56. The molecule has 3 unspecified atom stereocenters. The van der Waals surface area contributed by atoms with Gasteiger partial charge in [0.15, 0.2) is 0 Å². The van der Waals surface area contributed by atoms with Gasteiger partial charge in [-0.1, -0.05) is 0 Å². The first-order valence-electron chi connectivity index (χ1n) is 6.09. The molecule has 0 spiro atoms. The Hall–Kier alpha value is -1.30. The Bertz CT molecular complexity index is 679. The van der Waals surface area contributed by atoms with Crippen LogP contribution >= 0.6 is 22.6 Å². The number of aromatic nitrogens is 2. The zero-order chi connectivity index (χ0) is 15.6. The lowest BCUT2D eigenvalue weighted by Gasteiger charge is -2.16. The van der Waals surface area contributed by atoms with Crippen molar-refractivity contribution in [3.8, 4) is 0 Å². The lowest BCUT2D eigenvalue weighted by atomic mass is 10.2. The van der Waals surface area contributed by atoms with Gasteiger partial charge in [-0.15, -0.1) is 0 Å². The molecule has 1 aromatic heterocycles. The summed E-state index contributed by atoms with van der Waals surface area (Å²) in [4.78, 5) is 34.5. The van der Waals surface area contributed by atoms with Crippen LogP contribution in [0.3, 0.4) is 0 Å². The molecule has 1 aromatic rings. The van der Waals surface area contributed by atoms with Gasteiger partial charge in [-0.3, -0.25) is 14.2 Å². The van der Waals surface area contributed by atoms with Crippen molar-refractivity contribution in [1.29, 1.82) is 0 Å². The molecule has 0 amide bonds. The summed E-state index contributed by atoms with van der Waals surface area (Å²) < 4.78 is 7.61. The van der Waals surface area contributed by atoms with Gasteiger partial charge in [-0.05, 0) is 28.7 Å². The summed E-state index contributed by atoms with van der Waals surface area (Å²) in [5, 5.41) is 18.8. The average molecular weight is 408 g/mol. The third kappa shape index (κ3) is 3.15. The first-order valence-corrected chi connectivity index (χ1v) is 7.17. The molecule has 9 heteroatoms. The van der Waals surface area contributed by atoms with Crippen LogP contribution < -0.4 is 11.2 Å². The number of hydrogen-bond acceptors (Lipinski definition) is 6. The Morgan fingerprint density at radius 2 is 2.19 bits per heavy atom. The number of aliphatic hydroxyl groups excluding tert-OH is 2. The van der Waals surface area contributed by atoms with E-state index in [9.17, 15) is 19.5 Å². The topological polar surface area (TPSA) is 111 Å². The summed E-state index contributed by atoms with van der Waals surface area (Å²) in [5.74, 6) is 0. The Kier molecular flexibility index (Phi) is 5.08. The molecule has 1 fully saturated rings. The van der Waals surface area contributed by atoms with Gasteiger partial charge >= 0.3 is 5.69 Å². The van der Waals surface area contributed by atoms with Gasteiger partial charge in [-0.2, -0.15) is 0 Å². The molecule has 1 aliphatic rings. The molecule has 3 atom stereocenters. The van der Waals surface area contributed by atoms with Gasteiger partial charge in [-0.25, -0.2) is 9.36 Å². The van der Waals surface area contributed by atoms with Gasteiger partial charge in [0.1, 0.15) is 18.6 Å². The second kappa shape index (κ2) is 6.64. The Morgan fingerprint density at radius 1 is 1.48 bits per heavy atom. The molecule has 1 aliphatic heterocycles. The maximum atomic E-state index is 12.3. The highest BCUT2D eigenvalue weighted by molar-refractivity contribution is 14.1. The fourth-order valence-electron chi connectivity index (χ4n) is 2.07. The molecule has 21 heavy (non-hydrogen) atoms. The number of nitrogens with zero attached hydrogens (tertiary/aromatic N) is 2. The van der Waals surface area contributed by atoms with Crippen molar-refractivity contribution in [3.05, 3.63) is 36.7 Å². The number of ether oxygens (including phenoxy) is 1. The summed E-state index contributed by atoms with van der Waals surface area (Å²) in [6, 6.07) is 0. The maximum Gasteiger partial charge on any atom is 0.337 e. The van der Waals surface area contributed by atoms with Crippen LogP contribution in [0.5, 0.6) is 0 Å². The smallest absolute Gasteiger partial charge is 0.337 e. The predicted octanol–water partition coefficient (Wildman–Crippen LogP) is -1.08. The number of aliphatic hydroxyl groups is 2. The second-order valence-electron chi connectivity index (χ2n) is 4.43. The minimum Gasteiger partial charge on any atom is -0.394 e. The molecule has 2 N–H and O–H groups in total. The molecule has 8 nitrogen and oxygen atoms in total. The highest BCUT2D eigenvalue weighted by Crippen LogP contribution is 2.27. The number of halogens is 1. The summed E-state index contributed by atoms with van der Waals surface area (Å²) >= 11 is 1.77. The van der Waals surface area contributed by atoms with Gasteiger partial charge < -0.3 is 14.9 Å². The van der Waals surface area contributed by atoms with Crippen LogP contribution in [-0.4, -0.2) is 44.4 Å². The molecule has 0 aliphatic carbocycles. The van der Waals surface area contributed by atoms with E-state index in [4.69, 9.17) is 9.84 Å². The van der Waals surface area contributed by atoms with Crippen LogP contribution in [0.25, 0.3) is 6.20 Å². The lowest BCUT2D eigenvalue weighted by molar-refractivity contribution is -0.104. The molecule has 2 rings (SSSR count). The first-order chi connectivity index (χ1) is 9.99. The van der Waals surface area contributed by atoms with Gasteiger partial charge in [0.25, 0.3) is 5.56 Å². The third-order valence-electron chi connectivity index (χ3n) is 3.11. The zero-order valence-corrected chi connectivity index (χ0v) is 12.9. The number of allylic oxidation sites excluding steroid dienone is 1. The van der Waals surface area contributed by atoms with E-state index in [2.05, 4.69) is 0 Å². The van der Waals surface area contributed by atoms with E-state index in [-0.39, 0.29) is 16.6 Å². The van der Waals surface area contributed by atoms with E-state index in [0.29, 0.717) is 6.29 Å². The minimum atomic E-state index is -0.893. The number of carbonyl (C=O) groups is 1. The molecule has 0 aromatic carbocycles. The molecular weight excluding hydrogens is 395 g/mol. The number of rotatable bonds is 4. The van der Waals surface area contributed by atoms with Crippen LogP contribution in [0.4, 0.5) is 0 Å². The normalized spacial score (nSPS) is 25.6. The van der Waals surface area contributed by atoms with Crippen LogP contribution in [0.2, 0.25) is 0 Å². The van der Waals surface area contributed by atoms with Gasteiger partial charge in [0.05, 0.1) is 16.3 Å². The molecule has 1 saturated heterocycles. The molecule has 2 heterocycles. The SMILES string of the molecule is O=C/C=C/n1c(=O)c(I)cn(C2CC(O)C(CO)O2)c1=O. The van der Waals surface area contributed by atoms with Crippen molar-refractivity contribution in [2.75, 3.05) is 6.61 Å². The van der Waals surface area contributed by atoms with Crippen LogP contribution in [0, 0.1) is 3.57 Å². The van der Waals surface area contributed by atoms with Crippen molar-refractivity contribution in [3.63, 3.8) is 0 Å². The largest absolute Gasteiger partial charge is 0.394 e. The Labute approximate surface area is 132 Å². The first kappa shape index (κ1) is 16.1. The minimum absolute atomic E-state index is 0.122. The van der Waals surface area contributed by atoms with Crippen LogP contribution in [0.1, 0.15) is 12.6 Å². The predicted molar refractivity (Wildman–Crippen MR) is 80.7 cm³/mol. The Balaban J connectivity index is 2.49. The molecule has 114 valence electrons. The summed E-state index contributed by atoms with van der Waals surface area (Å²) in [5.41, 5.74) is -1.23. The third-order valence-corrected chi connectivity index (χ3v) is 3.85. The van der Waals surface area contributed by atoms with Crippen LogP contribution in [-0.2, 0) is 9.53 Å². The standard InChI is InChI=1S/C12H13IN2O6/c13-7-5-15(10-4-8(18)9(6-17)21-10)12(20)14(11(7)19)2-1-3-16/h1-3,5,8-10,17-18H,4,6H2/b2-1+.